The van der Waals surface area contributed by atoms with E-state index in [9.17, 15) is 9.18 Å². The lowest BCUT2D eigenvalue weighted by Gasteiger charge is -2.21. The van der Waals surface area contributed by atoms with E-state index in [4.69, 9.17) is 4.74 Å². The van der Waals surface area contributed by atoms with Crippen LogP contribution in [0.3, 0.4) is 0 Å². The van der Waals surface area contributed by atoms with E-state index in [1.165, 1.54) is 18.7 Å². The van der Waals surface area contributed by atoms with Crippen molar-refractivity contribution < 1.29 is 13.9 Å². The molecule has 1 aliphatic carbocycles. The Hall–Kier alpha value is -1.90. The Balaban J connectivity index is 2.35. The van der Waals surface area contributed by atoms with Gasteiger partial charge in [-0.25, -0.2) is 4.39 Å². The minimum absolute atomic E-state index is 0.164. The lowest BCUT2D eigenvalue weighted by Crippen LogP contribution is -2.15. The Labute approximate surface area is 138 Å². The molecule has 0 spiro atoms. The van der Waals surface area contributed by atoms with E-state index in [0.717, 1.165) is 24.0 Å². The Bertz CT molecular complexity index is 641. The van der Waals surface area contributed by atoms with Gasteiger partial charge in [0.1, 0.15) is 5.82 Å². The van der Waals surface area contributed by atoms with Gasteiger partial charge in [-0.05, 0) is 60.4 Å². The molecule has 0 radical (unpaired) electrons. The summed E-state index contributed by atoms with van der Waals surface area (Å²) in [5.41, 5.74) is 4.06. The molecule has 0 bridgehead atoms. The highest BCUT2D eigenvalue weighted by atomic mass is 19.1. The summed E-state index contributed by atoms with van der Waals surface area (Å²) >= 11 is 0. The van der Waals surface area contributed by atoms with E-state index in [2.05, 4.69) is 26.0 Å². The van der Waals surface area contributed by atoms with Crippen LogP contribution in [0.4, 0.5) is 4.39 Å². The van der Waals surface area contributed by atoms with Crippen molar-refractivity contribution in [2.45, 2.75) is 40.0 Å². The number of esters is 1. The minimum Gasteiger partial charge on any atom is -0.469 e. The molecule has 1 aromatic rings. The van der Waals surface area contributed by atoms with Gasteiger partial charge in [0.2, 0.25) is 0 Å². The number of halogens is 1. The number of hydrogen-bond acceptors (Lipinski definition) is 2. The Morgan fingerprint density at radius 2 is 2.13 bits per heavy atom. The summed E-state index contributed by atoms with van der Waals surface area (Å²) < 4.78 is 18.3. The fraction of sp³-hybridized carbons (Fsp3) is 0.450. The zero-order chi connectivity index (χ0) is 17.0. The van der Waals surface area contributed by atoms with E-state index in [0.29, 0.717) is 17.9 Å². The molecular weight excluding hydrogens is 291 g/mol. The monoisotopic (exact) mass is 316 g/mol. The minimum atomic E-state index is -0.181. The number of carbonyl (C=O) groups is 1. The molecule has 0 fully saturated rings. The molecule has 1 atom stereocenters. The van der Waals surface area contributed by atoms with Crippen LogP contribution in [0.5, 0.6) is 0 Å². The second-order valence-electron chi connectivity index (χ2n) is 6.48. The fourth-order valence-corrected chi connectivity index (χ4v) is 3.13. The van der Waals surface area contributed by atoms with Crippen molar-refractivity contribution in [3.63, 3.8) is 0 Å². The lowest BCUT2D eigenvalue weighted by molar-refractivity contribution is -0.141. The molecule has 1 aromatic carbocycles. The van der Waals surface area contributed by atoms with Crippen molar-refractivity contribution in [3.8, 4) is 0 Å². The number of allylic oxidation sites excluding steroid dienone is 4. The van der Waals surface area contributed by atoms with Gasteiger partial charge in [-0.15, -0.1) is 0 Å². The highest BCUT2D eigenvalue weighted by Gasteiger charge is 2.23. The lowest BCUT2D eigenvalue weighted by atomic mass is 9.84. The van der Waals surface area contributed by atoms with Crippen molar-refractivity contribution >= 4 is 11.5 Å². The van der Waals surface area contributed by atoms with E-state index < -0.39 is 0 Å². The zero-order valence-electron chi connectivity index (χ0n) is 14.4. The molecule has 2 rings (SSSR count). The van der Waals surface area contributed by atoms with Crippen LogP contribution < -0.4 is 0 Å². The summed E-state index contributed by atoms with van der Waals surface area (Å²) in [6, 6.07) is 5.23. The number of hydrogen-bond donors (Lipinski definition) is 0. The molecule has 0 aliphatic heterocycles. The van der Waals surface area contributed by atoms with Crippen molar-refractivity contribution in [3.05, 3.63) is 52.9 Å². The summed E-state index contributed by atoms with van der Waals surface area (Å²) in [4.78, 5) is 11.7. The van der Waals surface area contributed by atoms with E-state index in [1.807, 2.05) is 12.1 Å². The largest absolute Gasteiger partial charge is 0.469 e. The number of aryl methyl sites for hydroxylation is 1. The number of ether oxygens (including phenoxy) is 1. The molecule has 1 unspecified atom stereocenters. The maximum absolute atomic E-state index is 13.5. The number of carbonyl (C=O) groups excluding carboxylic acids is 1. The topological polar surface area (TPSA) is 26.3 Å². The molecule has 0 amide bonds. The van der Waals surface area contributed by atoms with Gasteiger partial charge >= 0.3 is 5.97 Å². The summed E-state index contributed by atoms with van der Waals surface area (Å²) in [5.74, 6) is 0.215. The number of rotatable bonds is 4. The third-order valence-corrected chi connectivity index (χ3v) is 4.47. The predicted molar refractivity (Wildman–Crippen MR) is 91.4 cm³/mol. The first-order chi connectivity index (χ1) is 10.9. The van der Waals surface area contributed by atoms with E-state index in [1.54, 1.807) is 6.92 Å². The molecule has 3 heteroatoms. The van der Waals surface area contributed by atoms with Crippen LogP contribution in [0.2, 0.25) is 0 Å². The number of methoxy groups -OCH3 is 1. The van der Waals surface area contributed by atoms with Gasteiger partial charge in [0.25, 0.3) is 0 Å². The molecular formula is C20H25FO2. The Morgan fingerprint density at radius 3 is 2.74 bits per heavy atom. The molecule has 0 aromatic heterocycles. The van der Waals surface area contributed by atoms with Gasteiger partial charge < -0.3 is 4.74 Å². The second-order valence-corrected chi connectivity index (χ2v) is 6.48. The maximum Gasteiger partial charge on any atom is 0.306 e. The van der Waals surface area contributed by atoms with Crippen molar-refractivity contribution in [2.24, 2.45) is 11.8 Å². The Morgan fingerprint density at radius 1 is 1.39 bits per heavy atom. The van der Waals surface area contributed by atoms with Crippen LogP contribution in [0.25, 0.3) is 5.57 Å². The maximum atomic E-state index is 13.5. The smallest absolute Gasteiger partial charge is 0.306 e. The van der Waals surface area contributed by atoms with Crippen LogP contribution >= 0.6 is 0 Å². The van der Waals surface area contributed by atoms with Crippen molar-refractivity contribution in [1.29, 1.82) is 0 Å². The average Bonchev–Trinajstić information content (AvgIpc) is 2.72. The van der Waals surface area contributed by atoms with Crippen LogP contribution in [0.1, 0.15) is 44.2 Å². The summed E-state index contributed by atoms with van der Waals surface area (Å²) in [6.45, 7) is 6.08. The third kappa shape index (κ3) is 4.31. The van der Waals surface area contributed by atoms with Crippen LogP contribution in [-0.2, 0) is 9.53 Å². The normalized spacial score (nSPS) is 18.3. The SMILES string of the molecule is COC(=O)CC1CCC=C(c2ccc(F)c(C)c2)C=C1C(C)C. The summed E-state index contributed by atoms with van der Waals surface area (Å²) in [7, 11) is 1.43. The standard InChI is InChI=1S/C20H25FO2/c1-13(2)18-11-15(16-8-9-19(21)14(3)10-16)6-5-7-17(18)12-20(22)23-4/h6,8-11,13,17H,5,7,12H2,1-4H3. The summed E-state index contributed by atoms with van der Waals surface area (Å²) in [6.07, 6.45) is 6.62. The van der Waals surface area contributed by atoms with Crippen LogP contribution in [0, 0.1) is 24.6 Å². The third-order valence-electron chi connectivity index (χ3n) is 4.47. The molecule has 1 aliphatic rings. The van der Waals surface area contributed by atoms with Crippen LogP contribution in [-0.4, -0.2) is 13.1 Å². The van der Waals surface area contributed by atoms with Crippen molar-refractivity contribution in [1.82, 2.24) is 0 Å². The quantitative estimate of drug-likeness (QED) is 0.725. The first-order valence-corrected chi connectivity index (χ1v) is 8.17. The molecule has 0 heterocycles. The molecule has 0 saturated carbocycles. The fourth-order valence-electron chi connectivity index (χ4n) is 3.13. The van der Waals surface area contributed by atoms with Gasteiger partial charge in [-0.2, -0.15) is 0 Å². The predicted octanol–water partition coefficient (Wildman–Crippen LogP) is 5.07. The zero-order valence-corrected chi connectivity index (χ0v) is 14.4. The average molecular weight is 316 g/mol. The first-order valence-electron chi connectivity index (χ1n) is 8.17. The molecule has 0 N–H and O–H groups in total. The second kappa shape index (κ2) is 7.58. The first kappa shape index (κ1) is 17.5. The van der Waals surface area contributed by atoms with Gasteiger partial charge in [-0.1, -0.05) is 37.6 Å². The Kier molecular flexibility index (Phi) is 5.75. The van der Waals surface area contributed by atoms with Gasteiger partial charge in [0.15, 0.2) is 0 Å². The molecule has 2 nitrogen and oxygen atoms in total. The number of benzene rings is 1. The summed E-state index contributed by atoms with van der Waals surface area (Å²) in [5, 5.41) is 0. The van der Waals surface area contributed by atoms with Crippen LogP contribution in [0.15, 0.2) is 35.9 Å². The molecule has 23 heavy (non-hydrogen) atoms. The van der Waals surface area contributed by atoms with Crippen molar-refractivity contribution in [2.75, 3.05) is 7.11 Å². The highest BCUT2D eigenvalue weighted by molar-refractivity contribution is 5.76. The van der Waals surface area contributed by atoms with Gasteiger partial charge in [0.05, 0.1) is 13.5 Å². The highest BCUT2D eigenvalue weighted by Crippen LogP contribution is 2.34. The van der Waals surface area contributed by atoms with E-state index >= 15 is 0 Å². The molecule has 0 saturated heterocycles. The van der Waals surface area contributed by atoms with E-state index in [-0.39, 0.29) is 17.7 Å². The molecule has 124 valence electrons. The van der Waals surface area contributed by atoms with Gasteiger partial charge in [-0.3, -0.25) is 4.79 Å². The van der Waals surface area contributed by atoms with Gasteiger partial charge in [0, 0.05) is 0 Å².